The van der Waals surface area contributed by atoms with Crippen LogP contribution in [0.15, 0.2) is 12.1 Å². The van der Waals surface area contributed by atoms with Crippen molar-refractivity contribution >= 4 is 23.7 Å². The lowest BCUT2D eigenvalue weighted by molar-refractivity contribution is -0.143. The number of methoxy groups -OCH3 is 2. The minimum Gasteiger partial charge on any atom is -0.497 e. The van der Waals surface area contributed by atoms with Crippen molar-refractivity contribution in [1.29, 1.82) is 0 Å². The molecule has 1 fully saturated rings. The normalized spacial score (nSPS) is 18.9. The van der Waals surface area contributed by atoms with Crippen LogP contribution in [0.2, 0.25) is 0 Å². The number of ether oxygens (including phenoxy) is 3. The lowest BCUT2D eigenvalue weighted by Gasteiger charge is -2.34. The van der Waals surface area contributed by atoms with Gasteiger partial charge in [0.15, 0.2) is 0 Å². The van der Waals surface area contributed by atoms with Crippen molar-refractivity contribution in [2.75, 3.05) is 39.2 Å². The van der Waals surface area contributed by atoms with Crippen molar-refractivity contribution in [2.45, 2.75) is 20.3 Å². The summed E-state index contributed by atoms with van der Waals surface area (Å²) in [6, 6.07) is 2.51. The minimum absolute atomic E-state index is 0.0463. The van der Waals surface area contributed by atoms with Gasteiger partial charge in [0.25, 0.3) is 0 Å². The van der Waals surface area contributed by atoms with Crippen LogP contribution >= 0.6 is 0 Å². The Hall–Kier alpha value is -2.97. The zero-order valence-electron chi connectivity index (χ0n) is 16.5. The number of esters is 1. The maximum atomic E-state index is 12.8. The third kappa shape index (κ3) is 4.85. The van der Waals surface area contributed by atoms with Crippen LogP contribution in [0.3, 0.4) is 0 Å². The van der Waals surface area contributed by atoms with Gasteiger partial charge in [-0.1, -0.05) is 6.92 Å². The van der Waals surface area contributed by atoms with Crippen molar-refractivity contribution in [3.63, 3.8) is 0 Å². The molecule has 28 heavy (non-hydrogen) atoms. The number of nitrogens with one attached hydrogen (secondary N) is 1. The maximum absolute atomic E-state index is 12.8. The van der Waals surface area contributed by atoms with Gasteiger partial charge in [-0.15, -0.1) is 0 Å². The molecule has 1 aliphatic rings. The van der Waals surface area contributed by atoms with E-state index in [9.17, 15) is 19.5 Å². The molecule has 2 unspecified atom stereocenters. The monoisotopic (exact) mass is 394 g/mol. The second-order valence-electron chi connectivity index (χ2n) is 6.68. The highest BCUT2D eigenvalue weighted by Gasteiger charge is 2.32. The van der Waals surface area contributed by atoms with E-state index in [2.05, 4.69) is 5.32 Å². The van der Waals surface area contributed by atoms with Crippen LogP contribution in [0, 0.1) is 11.8 Å². The number of urea groups is 1. The Morgan fingerprint density at radius 1 is 1.21 bits per heavy atom. The Labute approximate surface area is 163 Å². The summed E-state index contributed by atoms with van der Waals surface area (Å²) in [4.78, 5) is 38.0. The quantitative estimate of drug-likeness (QED) is 0.712. The second-order valence-corrected chi connectivity index (χ2v) is 6.68. The molecule has 2 amide bonds. The number of aliphatic carboxylic acids is 1. The van der Waals surface area contributed by atoms with E-state index in [1.54, 1.807) is 6.92 Å². The molecule has 0 aromatic heterocycles. The molecule has 0 saturated carbocycles. The van der Waals surface area contributed by atoms with Gasteiger partial charge < -0.3 is 29.5 Å². The number of anilines is 1. The lowest BCUT2D eigenvalue weighted by atomic mass is 9.91. The number of amides is 2. The predicted octanol–water partition coefficient (Wildman–Crippen LogP) is 2.46. The molecule has 0 aliphatic carbocycles. The van der Waals surface area contributed by atoms with Gasteiger partial charge in [-0.3, -0.25) is 4.79 Å². The van der Waals surface area contributed by atoms with Crippen LogP contribution in [0.1, 0.15) is 30.6 Å². The molecular formula is C19H26N2O7. The van der Waals surface area contributed by atoms with Gasteiger partial charge in [0, 0.05) is 25.2 Å². The molecule has 0 bridgehead atoms. The number of benzene rings is 1. The van der Waals surface area contributed by atoms with E-state index in [4.69, 9.17) is 14.2 Å². The molecule has 2 rings (SSSR count). The summed E-state index contributed by atoms with van der Waals surface area (Å²) in [6.07, 6.45) is 0.514. The maximum Gasteiger partial charge on any atom is 0.344 e. The van der Waals surface area contributed by atoms with Crippen molar-refractivity contribution in [2.24, 2.45) is 11.8 Å². The largest absolute Gasteiger partial charge is 0.497 e. The van der Waals surface area contributed by atoms with E-state index in [0.717, 1.165) is 0 Å². The molecule has 154 valence electrons. The average molecular weight is 394 g/mol. The number of likely N-dealkylation sites (tertiary alicyclic amines) is 1. The minimum atomic E-state index is -0.931. The van der Waals surface area contributed by atoms with Crippen LogP contribution < -0.4 is 14.8 Å². The van der Waals surface area contributed by atoms with Crippen LogP contribution in [0.4, 0.5) is 10.5 Å². The first-order valence-electron chi connectivity index (χ1n) is 9.02. The highest BCUT2D eigenvalue weighted by molar-refractivity contribution is 6.03. The molecule has 2 N–H and O–H groups in total. The first kappa shape index (κ1) is 21.3. The van der Waals surface area contributed by atoms with E-state index >= 15 is 0 Å². The highest BCUT2D eigenvalue weighted by Crippen LogP contribution is 2.33. The number of carbonyl (C=O) groups excluding carboxylic acids is 2. The van der Waals surface area contributed by atoms with Crippen molar-refractivity contribution in [3.05, 3.63) is 17.7 Å². The van der Waals surface area contributed by atoms with E-state index < -0.39 is 23.9 Å². The molecule has 1 aromatic rings. The van der Waals surface area contributed by atoms with Crippen molar-refractivity contribution in [1.82, 2.24) is 4.90 Å². The zero-order valence-corrected chi connectivity index (χ0v) is 16.5. The fourth-order valence-electron chi connectivity index (χ4n) is 3.27. The molecule has 1 heterocycles. The third-order valence-corrected chi connectivity index (χ3v) is 4.55. The molecule has 2 atom stereocenters. The SMILES string of the molecule is CCOC(=O)c1c(NC(=O)N2CC(C)CC(C(=O)O)C2)cc(OC)cc1OC. The number of hydrogen-bond donors (Lipinski definition) is 2. The van der Waals surface area contributed by atoms with E-state index in [0.29, 0.717) is 18.7 Å². The summed E-state index contributed by atoms with van der Waals surface area (Å²) in [5, 5.41) is 12.0. The summed E-state index contributed by atoms with van der Waals surface area (Å²) >= 11 is 0. The van der Waals surface area contributed by atoms with E-state index in [-0.39, 0.29) is 36.1 Å². The molecule has 1 saturated heterocycles. The Kier molecular flexibility index (Phi) is 7.08. The summed E-state index contributed by atoms with van der Waals surface area (Å²) in [7, 11) is 2.85. The fourth-order valence-corrected chi connectivity index (χ4v) is 3.27. The second kappa shape index (κ2) is 9.29. The summed E-state index contributed by atoms with van der Waals surface area (Å²) < 4.78 is 15.5. The van der Waals surface area contributed by atoms with Gasteiger partial charge in [0.2, 0.25) is 0 Å². The van der Waals surface area contributed by atoms with Crippen molar-refractivity contribution in [3.8, 4) is 11.5 Å². The van der Waals surface area contributed by atoms with Crippen LogP contribution in [-0.2, 0) is 9.53 Å². The smallest absolute Gasteiger partial charge is 0.344 e. The number of carboxylic acid groups (broad SMARTS) is 1. The van der Waals surface area contributed by atoms with Gasteiger partial charge in [0.05, 0.1) is 32.4 Å². The average Bonchev–Trinajstić information content (AvgIpc) is 2.66. The van der Waals surface area contributed by atoms with Crippen LogP contribution in [-0.4, -0.2) is 61.9 Å². The fraction of sp³-hybridized carbons (Fsp3) is 0.526. The number of piperidine rings is 1. The topological polar surface area (TPSA) is 114 Å². The molecule has 1 aromatic carbocycles. The van der Waals surface area contributed by atoms with Gasteiger partial charge >= 0.3 is 18.0 Å². The molecular weight excluding hydrogens is 368 g/mol. The highest BCUT2D eigenvalue weighted by atomic mass is 16.5. The van der Waals surface area contributed by atoms with Gasteiger partial charge in [-0.25, -0.2) is 9.59 Å². The molecule has 9 heteroatoms. The van der Waals surface area contributed by atoms with Gasteiger partial charge in [0.1, 0.15) is 17.1 Å². The molecule has 0 radical (unpaired) electrons. The first-order valence-corrected chi connectivity index (χ1v) is 9.02. The van der Waals surface area contributed by atoms with Crippen LogP contribution in [0.5, 0.6) is 11.5 Å². The van der Waals surface area contributed by atoms with E-state index in [1.807, 2.05) is 6.92 Å². The molecule has 0 spiro atoms. The standard InChI is InChI=1S/C19H26N2O7/c1-5-28-18(24)16-14(7-13(26-3)8-15(16)27-4)20-19(25)21-9-11(2)6-12(10-21)17(22)23/h7-8,11-12H,5-6,9-10H2,1-4H3,(H,20,25)(H,22,23). The number of hydrogen-bond acceptors (Lipinski definition) is 6. The number of carbonyl (C=O) groups is 3. The van der Waals surface area contributed by atoms with Gasteiger partial charge in [-0.05, 0) is 19.3 Å². The molecule has 9 nitrogen and oxygen atoms in total. The Bertz CT molecular complexity index is 750. The summed E-state index contributed by atoms with van der Waals surface area (Å²) in [5.74, 6) is -1.57. The number of nitrogens with zero attached hydrogens (tertiary/aromatic N) is 1. The lowest BCUT2D eigenvalue weighted by Crippen LogP contribution is -2.47. The number of carboxylic acids is 1. The Balaban J connectivity index is 2.34. The van der Waals surface area contributed by atoms with Gasteiger partial charge in [-0.2, -0.15) is 0 Å². The summed E-state index contributed by atoms with van der Waals surface area (Å²) in [6.45, 7) is 4.25. The van der Waals surface area contributed by atoms with Crippen LogP contribution in [0.25, 0.3) is 0 Å². The Morgan fingerprint density at radius 2 is 1.93 bits per heavy atom. The first-order chi connectivity index (χ1) is 13.3. The number of rotatable bonds is 6. The third-order valence-electron chi connectivity index (χ3n) is 4.55. The van der Waals surface area contributed by atoms with E-state index in [1.165, 1.54) is 31.3 Å². The Morgan fingerprint density at radius 3 is 2.50 bits per heavy atom. The predicted molar refractivity (Wildman–Crippen MR) is 101 cm³/mol. The van der Waals surface area contributed by atoms with Crippen molar-refractivity contribution < 1.29 is 33.7 Å². The molecule has 1 aliphatic heterocycles. The summed E-state index contributed by atoms with van der Waals surface area (Å²) in [5.41, 5.74) is 0.239. The zero-order chi connectivity index (χ0) is 20.8.